The maximum atomic E-state index is 5.45. The topological polar surface area (TPSA) is 26.0 Å². The summed E-state index contributed by atoms with van der Waals surface area (Å²) < 4.78 is 0. The van der Waals surface area contributed by atoms with Gasteiger partial charge in [-0.15, -0.1) is 6.58 Å². The van der Waals surface area contributed by atoms with E-state index in [0.717, 1.165) is 6.54 Å². The molecule has 0 fully saturated rings. The molecule has 1 unspecified atom stereocenters. The molecule has 9 heavy (non-hydrogen) atoms. The maximum Gasteiger partial charge on any atom is -0.00143 e. The Morgan fingerprint density at radius 1 is 1.67 bits per heavy atom. The lowest BCUT2D eigenvalue weighted by atomic mass is 10.0. The van der Waals surface area contributed by atoms with E-state index >= 15 is 0 Å². The van der Waals surface area contributed by atoms with Crippen molar-refractivity contribution in [3.63, 3.8) is 0 Å². The van der Waals surface area contributed by atoms with Crippen molar-refractivity contribution in [3.8, 4) is 0 Å². The smallest absolute Gasteiger partial charge is 0.00143 e. The van der Waals surface area contributed by atoms with Crippen molar-refractivity contribution >= 4 is 0 Å². The van der Waals surface area contributed by atoms with Crippen LogP contribution in [0.3, 0.4) is 0 Å². The van der Waals surface area contributed by atoms with E-state index in [1.165, 1.54) is 19.3 Å². The van der Waals surface area contributed by atoms with Crippen molar-refractivity contribution in [3.05, 3.63) is 12.7 Å². The van der Waals surface area contributed by atoms with Gasteiger partial charge < -0.3 is 5.73 Å². The third kappa shape index (κ3) is 4.22. The van der Waals surface area contributed by atoms with Crippen LogP contribution in [0.4, 0.5) is 0 Å². The van der Waals surface area contributed by atoms with Crippen molar-refractivity contribution in [1.29, 1.82) is 0 Å². The molecule has 1 heteroatoms. The second kappa shape index (κ2) is 5.83. The van der Waals surface area contributed by atoms with E-state index in [2.05, 4.69) is 13.5 Å². The monoisotopic (exact) mass is 127 g/mol. The molecule has 0 aliphatic rings. The minimum atomic E-state index is 0.546. The highest BCUT2D eigenvalue weighted by Gasteiger charge is 1.97. The Hall–Kier alpha value is -0.300. The van der Waals surface area contributed by atoms with Gasteiger partial charge in [-0.25, -0.2) is 0 Å². The summed E-state index contributed by atoms with van der Waals surface area (Å²) in [5, 5.41) is 0. The Morgan fingerprint density at radius 3 is 2.67 bits per heavy atom. The van der Waals surface area contributed by atoms with Gasteiger partial charge in [-0.2, -0.15) is 0 Å². The molecule has 0 radical (unpaired) electrons. The van der Waals surface area contributed by atoms with E-state index in [4.69, 9.17) is 5.73 Å². The molecule has 0 bridgehead atoms. The molecule has 0 saturated carbocycles. The van der Waals surface area contributed by atoms with Gasteiger partial charge in [-0.3, -0.25) is 0 Å². The van der Waals surface area contributed by atoms with Gasteiger partial charge in [0, 0.05) is 0 Å². The Balaban J connectivity index is 3.20. The number of nitrogens with two attached hydrogens (primary N) is 1. The highest BCUT2D eigenvalue weighted by atomic mass is 14.5. The Labute approximate surface area is 57.9 Å². The number of rotatable bonds is 5. The average Bonchev–Trinajstić information content (AvgIpc) is 1.91. The second-order valence-electron chi connectivity index (χ2n) is 2.37. The molecule has 2 N–H and O–H groups in total. The van der Waals surface area contributed by atoms with Crippen molar-refractivity contribution in [2.45, 2.75) is 26.2 Å². The summed E-state index contributed by atoms with van der Waals surface area (Å²) in [6.07, 6.45) is 5.68. The van der Waals surface area contributed by atoms with Crippen LogP contribution in [-0.2, 0) is 0 Å². The molecule has 0 aromatic rings. The van der Waals surface area contributed by atoms with Gasteiger partial charge in [0.1, 0.15) is 0 Å². The minimum absolute atomic E-state index is 0.546. The lowest BCUT2D eigenvalue weighted by Gasteiger charge is -2.06. The zero-order valence-electron chi connectivity index (χ0n) is 6.27. The molecular formula is C8H17N. The third-order valence-electron chi connectivity index (χ3n) is 1.56. The molecule has 1 atom stereocenters. The quantitative estimate of drug-likeness (QED) is 0.561. The molecular weight excluding hydrogens is 110 g/mol. The normalized spacial score (nSPS) is 13.1. The van der Waals surface area contributed by atoms with E-state index in [-0.39, 0.29) is 0 Å². The van der Waals surface area contributed by atoms with Crippen LogP contribution in [0.5, 0.6) is 0 Å². The predicted molar refractivity (Wildman–Crippen MR) is 42.3 cm³/mol. The maximum absolute atomic E-state index is 5.45. The first-order valence-electron chi connectivity index (χ1n) is 3.67. The minimum Gasteiger partial charge on any atom is -0.330 e. The van der Waals surface area contributed by atoms with Crippen LogP contribution in [0.15, 0.2) is 12.7 Å². The molecule has 0 aliphatic carbocycles. The molecule has 0 aromatic heterocycles. The van der Waals surface area contributed by atoms with Crippen LogP contribution in [-0.4, -0.2) is 6.54 Å². The van der Waals surface area contributed by atoms with E-state index < -0.39 is 0 Å². The zero-order chi connectivity index (χ0) is 7.11. The van der Waals surface area contributed by atoms with E-state index in [0.29, 0.717) is 5.92 Å². The highest BCUT2D eigenvalue weighted by molar-refractivity contribution is 4.78. The molecule has 0 saturated heterocycles. The van der Waals surface area contributed by atoms with E-state index in [1.807, 2.05) is 6.08 Å². The molecule has 0 spiro atoms. The third-order valence-corrected chi connectivity index (χ3v) is 1.56. The van der Waals surface area contributed by atoms with Gasteiger partial charge in [-0.1, -0.05) is 25.8 Å². The average molecular weight is 127 g/mol. The summed E-state index contributed by atoms with van der Waals surface area (Å²) in [5.41, 5.74) is 5.45. The van der Waals surface area contributed by atoms with E-state index in [9.17, 15) is 0 Å². The van der Waals surface area contributed by atoms with Gasteiger partial charge in [0.15, 0.2) is 0 Å². The van der Waals surface area contributed by atoms with Gasteiger partial charge in [0.25, 0.3) is 0 Å². The van der Waals surface area contributed by atoms with Gasteiger partial charge in [-0.05, 0) is 18.9 Å². The van der Waals surface area contributed by atoms with Crippen molar-refractivity contribution in [2.24, 2.45) is 11.7 Å². The first-order valence-corrected chi connectivity index (χ1v) is 3.67. The van der Waals surface area contributed by atoms with Crippen LogP contribution >= 0.6 is 0 Å². The van der Waals surface area contributed by atoms with Crippen LogP contribution in [0.1, 0.15) is 26.2 Å². The van der Waals surface area contributed by atoms with Crippen molar-refractivity contribution in [2.75, 3.05) is 6.54 Å². The van der Waals surface area contributed by atoms with Gasteiger partial charge in [0.2, 0.25) is 0 Å². The Kier molecular flexibility index (Phi) is 5.64. The standard InChI is InChI=1S/C8H17N/c1-3-5-6-8(4-2)7-9/h4,8H,2-3,5-7,9H2,1H3. The van der Waals surface area contributed by atoms with Crippen molar-refractivity contribution < 1.29 is 0 Å². The molecule has 54 valence electrons. The van der Waals surface area contributed by atoms with Crippen LogP contribution in [0.2, 0.25) is 0 Å². The number of hydrogen-bond donors (Lipinski definition) is 1. The summed E-state index contributed by atoms with van der Waals surface area (Å²) >= 11 is 0. The summed E-state index contributed by atoms with van der Waals surface area (Å²) in [4.78, 5) is 0. The summed E-state index contributed by atoms with van der Waals surface area (Å²) in [7, 11) is 0. The summed E-state index contributed by atoms with van der Waals surface area (Å²) in [6, 6.07) is 0. The predicted octanol–water partition coefficient (Wildman–Crippen LogP) is 1.94. The molecule has 0 aromatic carbocycles. The fraction of sp³-hybridized carbons (Fsp3) is 0.750. The first-order chi connectivity index (χ1) is 4.35. The Morgan fingerprint density at radius 2 is 2.33 bits per heavy atom. The summed E-state index contributed by atoms with van der Waals surface area (Å²) in [6.45, 7) is 6.65. The lowest BCUT2D eigenvalue weighted by molar-refractivity contribution is 0.565. The fourth-order valence-corrected chi connectivity index (χ4v) is 0.798. The number of unbranched alkanes of at least 4 members (excludes halogenated alkanes) is 1. The molecule has 0 rings (SSSR count). The van der Waals surface area contributed by atoms with Crippen LogP contribution in [0, 0.1) is 5.92 Å². The molecule has 0 heterocycles. The van der Waals surface area contributed by atoms with Gasteiger partial charge in [0.05, 0.1) is 0 Å². The molecule has 0 aliphatic heterocycles. The molecule has 1 nitrogen and oxygen atoms in total. The molecule has 0 amide bonds. The Bertz CT molecular complexity index is 69.0. The second-order valence-corrected chi connectivity index (χ2v) is 2.37. The van der Waals surface area contributed by atoms with Crippen LogP contribution < -0.4 is 5.73 Å². The zero-order valence-corrected chi connectivity index (χ0v) is 6.27. The van der Waals surface area contributed by atoms with Crippen LogP contribution in [0.25, 0.3) is 0 Å². The largest absolute Gasteiger partial charge is 0.330 e. The van der Waals surface area contributed by atoms with Gasteiger partial charge >= 0.3 is 0 Å². The SMILES string of the molecule is C=CC(CN)CCCC. The number of hydrogen-bond acceptors (Lipinski definition) is 1. The first kappa shape index (κ1) is 8.70. The van der Waals surface area contributed by atoms with E-state index in [1.54, 1.807) is 0 Å². The van der Waals surface area contributed by atoms with Crippen molar-refractivity contribution in [1.82, 2.24) is 0 Å². The lowest BCUT2D eigenvalue weighted by Crippen LogP contribution is -2.11. The summed E-state index contributed by atoms with van der Waals surface area (Å²) in [5.74, 6) is 0.546. The fourth-order valence-electron chi connectivity index (χ4n) is 0.798. The highest BCUT2D eigenvalue weighted by Crippen LogP contribution is 2.06.